The lowest BCUT2D eigenvalue weighted by molar-refractivity contribution is -0.0116. The molecular formula is C26H27NO3. The zero-order valence-corrected chi connectivity index (χ0v) is 17.0. The zero-order valence-electron chi connectivity index (χ0n) is 17.0. The summed E-state index contributed by atoms with van der Waals surface area (Å²) in [5, 5.41) is 3.65. The third-order valence-electron chi connectivity index (χ3n) is 6.03. The van der Waals surface area contributed by atoms with Crippen molar-refractivity contribution >= 4 is 0 Å². The monoisotopic (exact) mass is 401 g/mol. The number of nitrogens with one attached hydrogen (secondary N) is 1. The largest absolute Gasteiger partial charge is 0.454 e. The summed E-state index contributed by atoms with van der Waals surface area (Å²) in [7, 11) is 0. The van der Waals surface area contributed by atoms with E-state index in [0.717, 1.165) is 37.5 Å². The van der Waals surface area contributed by atoms with E-state index < -0.39 is 0 Å². The standard InChI is InChI=1S/C26H27NO3/c1-3-7-20(8-4-1)26(21-9-5-2-6-10-21)24-14-12-22(17-28-24)27-16-19-11-13-23-25(15-19)30-18-29-23/h1-11,13,15,22,24,26-27H,12,14,16-18H2/t22-,24-/m0/s1. The molecule has 1 fully saturated rings. The van der Waals surface area contributed by atoms with Gasteiger partial charge in [0.25, 0.3) is 0 Å². The van der Waals surface area contributed by atoms with Gasteiger partial charge in [0.05, 0.1) is 12.7 Å². The molecule has 3 aromatic rings. The van der Waals surface area contributed by atoms with Gasteiger partial charge in [0.2, 0.25) is 6.79 Å². The van der Waals surface area contributed by atoms with Gasteiger partial charge in [0.1, 0.15) is 0 Å². The molecule has 2 aliphatic rings. The summed E-state index contributed by atoms with van der Waals surface area (Å²) in [5.74, 6) is 1.93. The van der Waals surface area contributed by atoms with Crippen LogP contribution < -0.4 is 14.8 Å². The average Bonchev–Trinajstić information content (AvgIpc) is 3.28. The summed E-state index contributed by atoms with van der Waals surface area (Å²) in [6, 6.07) is 28.0. The molecule has 0 bridgehead atoms. The Labute approximate surface area is 177 Å². The van der Waals surface area contributed by atoms with Crippen LogP contribution >= 0.6 is 0 Å². The third kappa shape index (κ3) is 4.20. The summed E-state index contributed by atoms with van der Waals surface area (Å²) in [6.07, 6.45) is 2.33. The lowest BCUT2D eigenvalue weighted by atomic mass is 9.83. The Morgan fingerprint density at radius 1 is 0.800 bits per heavy atom. The first-order chi connectivity index (χ1) is 14.9. The van der Waals surface area contributed by atoms with Gasteiger partial charge in [-0.2, -0.15) is 0 Å². The molecule has 154 valence electrons. The van der Waals surface area contributed by atoms with Gasteiger partial charge >= 0.3 is 0 Å². The molecule has 0 unspecified atom stereocenters. The predicted octanol–water partition coefficient (Wildman–Crippen LogP) is 4.88. The molecule has 1 N–H and O–H groups in total. The maximum atomic E-state index is 6.42. The molecule has 2 atom stereocenters. The molecule has 2 heterocycles. The first-order valence-electron chi connectivity index (χ1n) is 10.7. The van der Waals surface area contributed by atoms with Gasteiger partial charge in [-0.15, -0.1) is 0 Å². The molecule has 2 aliphatic heterocycles. The minimum absolute atomic E-state index is 0.193. The van der Waals surface area contributed by atoms with Crippen LogP contribution in [0.3, 0.4) is 0 Å². The van der Waals surface area contributed by atoms with Crippen LogP contribution in [-0.4, -0.2) is 25.5 Å². The minimum Gasteiger partial charge on any atom is -0.454 e. The van der Waals surface area contributed by atoms with Gasteiger partial charge in [-0.1, -0.05) is 66.7 Å². The van der Waals surface area contributed by atoms with Gasteiger partial charge in [-0.3, -0.25) is 0 Å². The highest BCUT2D eigenvalue weighted by molar-refractivity contribution is 5.44. The van der Waals surface area contributed by atoms with Gasteiger partial charge in [-0.25, -0.2) is 0 Å². The molecule has 30 heavy (non-hydrogen) atoms. The van der Waals surface area contributed by atoms with E-state index in [4.69, 9.17) is 14.2 Å². The molecule has 0 amide bonds. The Kier molecular flexibility index (Phi) is 5.69. The molecular weight excluding hydrogens is 374 g/mol. The van der Waals surface area contributed by atoms with Crippen LogP contribution in [0.15, 0.2) is 78.9 Å². The van der Waals surface area contributed by atoms with Gasteiger partial charge in [-0.05, 0) is 41.7 Å². The first kappa shape index (κ1) is 19.2. The van der Waals surface area contributed by atoms with Crippen molar-refractivity contribution in [3.8, 4) is 11.5 Å². The molecule has 0 saturated carbocycles. The normalized spacial score (nSPS) is 20.4. The second kappa shape index (κ2) is 8.90. The topological polar surface area (TPSA) is 39.7 Å². The van der Waals surface area contributed by atoms with E-state index in [1.54, 1.807) is 0 Å². The molecule has 3 aromatic carbocycles. The van der Waals surface area contributed by atoms with Gasteiger partial charge in [0, 0.05) is 18.5 Å². The number of hydrogen-bond acceptors (Lipinski definition) is 4. The van der Waals surface area contributed by atoms with Crippen molar-refractivity contribution < 1.29 is 14.2 Å². The van der Waals surface area contributed by atoms with Crippen LogP contribution in [0.1, 0.15) is 35.4 Å². The van der Waals surface area contributed by atoms with E-state index in [0.29, 0.717) is 12.8 Å². The lowest BCUT2D eigenvalue weighted by Crippen LogP contribution is -2.41. The fourth-order valence-electron chi connectivity index (χ4n) is 4.45. The number of hydrogen-bond donors (Lipinski definition) is 1. The molecule has 0 aliphatic carbocycles. The Morgan fingerprint density at radius 3 is 2.17 bits per heavy atom. The highest BCUT2D eigenvalue weighted by atomic mass is 16.7. The van der Waals surface area contributed by atoms with Crippen molar-refractivity contribution in [3.63, 3.8) is 0 Å². The maximum absolute atomic E-state index is 6.42. The summed E-state index contributed by atoms with van der Waals surface area (Å²) in [5.41, 5.74) is 3.84. The molecule has 1 saturated heterocycles. The summed E-state index contributed by atoms with van der Waals surface area (Å²) < 4.78 is 17.3. The van der Waals surface area contributed by atoms with Gasteiger partial charge in [0.15, 0.2) is 11.5 Å². The smallest absolute Gasteiger partial charge is 0.231 e. The number of fused-ring (bicyclic) bond motifs is 1. The predicted molar refractivity (Wildman–Crippen MR) is 117 cm³/mol. The second-order valence-corrected chi connectivity index (χ2v) is 8.01. The van der Waals surface area contributed by atoms with E-state index in [-0.39, 0.29) is 12.0 Å². The van der Waals surface area contributed by atoms with E-state index in [9.17, 15) is 0 Å². The number of ether oxygens (including phenoxy) is 3. The van der Waals surface area contributed by atoms with Crippen LogP contribution in [-0.2, 0) is 11.3 Å². The second-order valence-electron chi connectivity index (χ2n) is 8.01. The van der Waals surface area contributed by atoms with Crippen LogP contribution in [0.2, 0.25) is 0 Å². The van der Waals surface area contributed by atoms with Crippen LogP contribution in [0, 0.1) is 0 Å². The Morgan fingerprint density at radius 2 is 1.50 bits per heavy atom. The fourth-order valence-corrected chi connectivity index (χ4v) is 4.45. The van der Waals surface area contributed by atoms with E-state index in [2.05, 4.69) is 78.1 Å². The minimum atomic E-state index is 0.193. The van der Waals surface area contributed by atoms with E-state index >= 15 is 0 Å². The Balaban J connectivity index is 1.22. The van der Waals surface area contributed by atoms with Crippen molar-refractivity contribution in [3.05, 3.63) is 95.6 Å². The fraction of sp³-hybridized carbons (Fsp3) is 0.308. The SMILES string of the molecule is c1ccc(C(c2ccccc2)[C@@H]2CC[C@H](NCc3ccc4c(c3)OCO4)CO2)cc1. The van der Waals surface area contributed by atoms with Crippen LogP contribution in [0.25, 0.3) is 0 Å². The molecule has 4 heteroatoms. The van der Waals surface area contributed by atoms with Crippen molar-refractivity contribution in [2.45, 2.75) is 37.5 Å². The maximum Gasteiger partial charge on any atom is 0.231 e. The number of rotatable bonds is 6. The summed E-state index contributed by atoms with van der Waals surface area (Å²) in [4.78, 5) is 0. The molecule has 0 spiro atoms. The van der Waals surface area contributed by atoms with Crippen LogP contribution in [0.5, 0.6) is 11.5 Å². The molecule has 5 rings (SSSR count). The van der Waals surface area contributed by atoms with Crippen molar-refractivity contribution in [1.82, 2.24) is 5.32 Å². The van der Waals surface area contributed by atoms with E-state index in [1.807, 2.05) is 6.07 Å². The average molecular weight is 402 g/mol. The zero-order chi connectivity index (χ0) is 20.2. The quantitative estimate of drug-likeness (QED) is 0.639. The first-order valence-corrected chi connectivity index (χ1v) is 10.7. The molecule has 0 aromatic heterocycles. The molecule has 0 radical (unpaired) electrons. The van der Waals surface area contributed by atoms with Gasteiger partial charge < -0.3 is 19.5 Å². The Bertz CT molecular complexity index is 913. The molecule has 4 nitrogen and oxygen atoms in total. The summed E-state index contributed by atoms with van der Waals surface area (Å²) in [6.45, 7) is 1.84. The third-order valence-corrected chi connectivity index (χ3v) is 6.03. The van der Waals surface area contributed by atoms with E-state index in [1.165, 1.54) is 16.7 Å². The van der Waals surface area contributed by atoms with Crippen molar-refractivity contribution in [1.29, 1.82) is 0 Å². The summed E-state index contributed by atoms with van der Waals surface area (Å²) >= 11 is 0. The number of benzene rings is 3. The van der Waals surface area contributed by atoms with Crippen molar-refractivity contribution in [2.24, 2.45) is 0 Å². The van der Waals surface area contributed by atoms with Crippen LogP contribution in [0.4, 0.5) is 0 Å². The highest BCUT2D eigenvalue weighted by Gasteiger charge is 2.30. The lowest BCUT2D eigenvalue weighted by Gasteiger charge is -2.35. The Hall–Kier alpha value is -2.82. The highest BCUT2D eigenvalue weighted by Crippen LogP contribution is 2.35. The van der Waals surface area contributed by atoms with Crippen molar-refractivity contribution in [2.75, 3.05) is 13.4 Å².